The molecule has 0 amide bonds. The molecule has 0 aliphatic rings. The van der Waals surface area contributed by atoms with Gasteiger partial charge in [0.15, 0.2) is 0 Å². The number of aromatic nitrogens is 3. The minimum absolute atomic E-state index is 0.553. The second-order valence-corrected chi connectivity index (χ2v) is 6.94. The lowest BCUT2D eigenvalue weighted by molar-refractivity contribution is 0.414. The lowest BCUT2D eigenvalue weighted by Crippen LogP contribution is -2.03. The Morgan fingerprint density at radius 2 is 1.55 bits per heavy atom. The van der Waals surface area contributed by atoms with E-state index in [2.05, 4.69) is 59.6 Å². The quantitative estimate of drug-likeness (QED) is 0.444. The molecule has 0 saturated heterocycles. The summed E-state index contributed by atoms with van der Waals surface area (Å²) in [5.41, 5.74) is 11.8. The lowest BCUT2D eigenvalue weighted by Gasteiger charge is -2.07. The minimum atomic E-state index is 0.553. The number of fused-ring (bicyclic) bond motifs is 1. The van der Waals surface area contributed by atoms with Crippen LogP contribution in [0.1, 0.15) is 43.2 Å². The molecule has 2 heterocycles. The minimum Gasteiger partial charge on any atom is -0.497 e. The highest BCUT2D eigenvalue weighted by Gasteiger charge is 2.14. The van der Waals surface area contributed by atoms with Crippen molar-refractivity contribution < 1.29 is 4.74 Å². The van der Waals surface area contributed by atoms with Crippen molar-refractivity contribution in [2.45, 2.75) is 47.6 Å². The van der Waals surface area contributed by atoms with E-state index in [1.54, 1.807) is 7.11 Å². The first-order chi connectivity index (χ1) is 15.0. The number of nitrogen functional groups attached to an aromatic ring is 1. The van der Waals surface area contributed by atoms with Gasteiger partial charge in [-0.15, -0.1) is 0 Å². The maximum Gasteiger partial charge on any atom is 0.146 e. The first-order valence-electron chi connectivity index (χ1n) is 10.8. The van der Waals surface area contributed by atoms with Crippen LogP contribution in [0.2, 0.25) is 0 Å². The Morgan fingerprint density at radius 3 is 2.13 bits per heavy atom. The van der Waals surface area contributed by atoms with Crippen LogP contribution in [0, 0.1) is 13.8 Å². The highest BCUT2D eigenvalue weighted by atomic mass is 16.5. The predicted octanol–water partition coefficient (Wildman–Crippen LogP) is 5.96. The van der Waals surface area contributed by atoms with Crippen LogP contribution in [0.25, 0.3) is 11.0 Å². The van der Waals surface area contributed by atoms with Crippen LogP contribution in [-0.2, 0) is 13.0 Å². The molecule has 5 heteroatoms. The second-order valence-electron chi connectivity index (χ2n) is 6.94. The Balaban J connectivity index is 0.000000241. The molecule has 2 aromatic heterocycles. The maximum absolute atomic E-state index is 5.97. The first kappa shape index (κ1) is 23.9. The standard InChI is InChI=1S/C15H16N4.C9H12O.C2H6/c1-10-11(2)19(8-12-6-4-3-5-7-12)15-13(10)14(16)17-9-18-15;1-3-8-4-6-9(10-2)7-5-8;1-2/h3-7,9H,8H2,1-2H3,(H2,16,17,18);4-7H,3H2,1-2H3;1-2H3. The second kappa shape index (κ2) is 11.7. The number of methoxy groups -OCH3 is 1. The maximum atomic E-state index is 5.97. The van der Waals surface area contributed by atoms with Gasteiger partial charge in [0.05, 0.1) is 12.5 Å². The summed E-state index contributed by atoms with van der Waals surface area (Å²) in [6.45, 7) is 11.1. The van der Waals surface area contributed by atoms with Gasteiger partial charge in [0, 0.05) is 12.2 Å². The van der Waals surface area contributed by atoms with E-state index in [1.807, 2.05) is 44.2 Å². The van der Waals surface area contributed by atoms with Crippen molar-refractivity contribution >= 4 is 16.9 Å². The van der Waals surface area contributed by atoms with Crippen molar-refractivity contribution in [1.82, 2.24) is 14.5 Å². The number of hydrogen-bond donors (Lipinski definition) is 1. The SMILES string of the molecule is CC.CCc1ccc(OC)cc1.Cc1c(C)n(Cc2ccccc2)c2ncnc(N)c12. The molecule has 31 heavy (non-hydrogen) atoms. The van der Waals surface area contributed by atoms with Crippen molar-refractivity contribution in [2.75, 3.05) is 12.8 Å². The monoisotopic (exact) mass is 418 g/mol. The summed E-state index contributed by atoms with van der Waals surface area (Å²) in [7, 11) is 1.68. The average molecular weight is 419 g/mol. The van der Waals surface area contributed by atoms with E-state index >= 15 is 0 Å². The topological polar surface area (TPSA) is 66.0 Å². The molecule has 4 aromatic rings. The zero-order valence-corrected chi connectivity index (χ0v) is 19.5. The number of benzene rings is 2. The number of rotatable bonds is 4. The Morgan fingerprint density at radius 1 is 0.903 bits per heavy atom. The summed E-state index contributed by atoms with van der Waals surface area (Å²) in [5, 5.41) is 0.968. The molecule has 0 spiro atoms. The van der Waals surface area contributed by atoms with E-state index < -0.39 is 0 Å². The molecule has 0 bridgehead atoms. The van der Waals surface area contributed by atoms with Crippen LogP contribution >= 0.6 is 0 Å². The van der Waals surface area contributed by atoms with Gasteiger partial charge in [-0.1, -0.05) is 63.2 Å². The Kier molecular flexibility index (Phi) is 9.07. The van der Waals surface area contributed by atoms with Crippen molar-refractivity contribution in [2.24, 2.45) is 0 Å². The van der Waals surface area contributed by atoms with Gasteiger partial charge in [-0.3, -0.25) is 0 Å². The molecule has 164 valence electrons. The first-order valence-corrected chi connectivity index (χ1v) is 10.8. The summed E-state index contributed by atoms with van der Waals surface area (Å²) >= 11 is 0. The molecule has 0 atom stereocenters. The normalized spacial score (nSPS) is 10.0. The number of anilines is 1. The number of nitrogens with two attached hydrogens (primary N) is 1. The van der Waals surface area contributed by atoms with Gasteiger partial charge in [-0.2, -0.15) is 0 Å². The smallest absolute Gasteiger partial charge is 0.146 e. The fourth-order valence-corrected chi connectivity index (χ4v) is 3.32. The summed E-state index contributed by atoms with van der Waals surface area (Å²) in [4.78, 5) is 8.47. The average Bonchev–Trinajstić information content (AvgIpc) is 3.07. The molecule has 2 aromatic carbocycles. The lowest BCUT2D eigenvalue weighted by atomic mass is 10.2. The zero-order valence-electron chi connectivity index (χ0n) is 19.5. The van der Waals surface area contributed by atoms with Crippen LogP contribution in [0.4, 0.5) is 5.82 Å². The largest absolute Gasteiger partial charge is 0.497 e. The molecule has 0 fully saturated rings. The molecule has 0 saturated carbocycles. The highest BCUT2D eigenvalue weighted by molar-refractivity contribution is 5.90. The van der Waals surface area contributed by atoms with Crippen molar-refractivity contribution in [3.63, 3.8) is 0 Å². The summed E-state index contributed by atoms with van der Waals surface area (Å²) in [6.07, 6.45) is 2.61. The van der Waals surface area contributed by atoms with Gasteiger partial charge >= 0.3 is 0 Å². The van der Waals surface area contributed by atoms with E-state index in [4.69, 9.17) is 10.5 Å². The molecule has 0 aliphatic heterocycles. The summed E-state index contributed by atoms with van der Waals surface area (Å²) < 4.78 is 7.21. The molecule has 0 radical (unpaired) electrons. The van der Waals surface area contributed by atoms with Gasteiger partial charge in [0.25, 0.3) is 0 Å². The van der Waals surface area contributed by atoms with E-state index in [1.165, 1.54) is 23.1 Å². The third-order valence-corrected chi connectivity index (χ3v) is 5.19. The van der Waals surface area contributed by atoms with E-state index in [0.29, 0.717) is 5.82 Å². The van der Waals surface area contributed by atoms with Crippen LogP contribution in [-0.4, -0.2) is 21.6 Å². The highest BCUT2D eigenvalue weighted by Crippen LogP contribution is 2.27. The molecule has 0 aliphatic carbocycles. The van der Waals surface area contributed by atoms with Crippen molar-refractivity contribution in [3.8, 4) is 5.75 Å². The van der Waals surface area contributed by atoms with Crippen LogP contribution in [0.15, 0.2) is 60.9 Å². The fraction of sp³-hybridized carbons (Fsp3) is 0.308. The summed E-state index contributed by atoms with van der Waals surface area (Å²) in [5.74, 6) is 1.48. The Labute approximate surface area is 185 Å². The van der Waals surface area contributed by atoms with Gasteiger partial charge in [0.1, 0.15) is 23.5 Å². The van der Waals surface area contributed by atoms with Gasteiger partial charge in [-0.05, 0) is 49.1 Å². The number of aryl methyl sites for hydroxylation is 2. The third kappa shape index (κ3) is 5.85. The van der Waals surface area contributed by atoms with Crippen molar-refractivity contribution in [3.05, 3.63) is 83.3 Å². The van der Waals surface area contributed by atoms with Crippen molar-refractivity contribution in [1.29, 1.82) is 0 Å². The Hall–Kier alpha value is -3.34. The van der Waals surface area contributed by atoms with Gasteiger partial charge in [-0.25, -0.2) is 9.97 Å². The summed E-state index contributed by atoms with van der Waals surface area (Å²) in [6, 6.07) is 18.5. The van der Waals surface area contributed by atoms with Gasteiger partial charge < -0.3 is 15.0 Å². The zero-order chi connectivity index (χ0) is 22.8. The molecule has 4 rings (SSSR count). The van der Waals surface area contributed by atoms with E-state index in [0.717, 1.165) is 35.3 Å². The predicted molar refractivity (Wildman–Crippen MR) is 131 cm³/mol. The van der Waals surface area contributed by atoms with Crippen LogP contribution in [0.3, 0.4) is 0 Å². The number of hydrogen-bond acceptors (Lipinski definition) is 4. The molecular formula is C26H34N4O. The van der Waals surface area contributed by atoms with E-state index in [-0.39, 0.29) is 0 Å². The number of ether oxygens (including phenoxy) is 1. The van der Waals surface area contributed by atoms with E-state index in [9.17, 15) is 0 Å². The molecular weight excluding hydrogens is 384 g/mol. The Bertz CT molecular complexity index is 1050. The van der Waals surface area contributed by atoms with Gasteiger partial charge in [0.2, 0.25) is 0 Å². The molecule has 2 N–H and O–H groups in total. The fourth-order valence-electron chi connectivity index (χ4n) is 3.32. The van der Waals surface area contributed by atoms with Crippen LogP contribution in [0.5, 0.6) is 5.75 Å². The molecule has 5 nitrogen and oxygen atoms in total. The number of nitrogens with zero attached hydrogens (tertiary/aromatic N) is 3. The van der Waals surface area contributed by atoms with Crippen LogP contribution < -0.4 is 10.5 Å². The third-order valence-electron chi connectivity index (χ3n) is 5.19. The molecule has 0 unspecified atom stereocenters.